The third-order valence-electron chi connectivity index (χ3n) is 5.96. The van der Waals surface area contributed by atoms with Gasteiger partial charge in [-0.2, -0.15) is 0 Å². The van der Waals surface area contributed by atoms with E-state index in [4.69, 9.17) is 0 Å². The van der Waals surface area contributed by atoms with E-state index >= 15 is 0 Å². The van der Waals surface area contributed by atoms with Gasteiger partial charge in [-0.3, -0.25) is 4.90 Å². The van der Waals surface area contributed by atoms with E-state index in [1.165, 1.54) is 58.3 Å². The number of hydrogen-bond donors (Lipinski definition) is 0. The van der Waals surface area contributed by atoms with Gasteiger partial charge >= 0.3 is 0 Å². The minimum absolute atomic E-state index is 0.386. The van der Waals surface area contributed by atoms with Crippen molar-refractivity contribution >= 4 is 0 Å². The smallest absolute Gasteiger partial charge is 0.0125 e. The maximum Gasteiger partial charge on any atom is 0.0125 e. The summed E-state index contributed by atoms with van der Waals surface area (Å²) in [4.78, 5) is 5.41. The molecule has 0 aromatic rings. The Morgan fingerprint density at radius 1 is 1.11 bits per heavy atom. The summed E-state index contributed by atoms with van der Waals surface area (Å²) in [6.45, 7) is 15.0. The fraction of sp³-hybridized carbons (Fsp3) is 1.00. The van der Waals surface area contributed by atoms with Crippen molar-refractivity contribution in [2.75, 3.05) is 26.2 Å². The van der Waals surface area contributed by atoms with E-state index in [-0.39, 0.29) is 0 Å². The van der Waals surface area contributed by atoms with Gasteiger partial charge in [-0.05, 0) is 77.8 Å². The molecule has 2 atom stereocenters. The van der Waals surface area contributed by atoms with Crippen molar-refractivity contribution in [3.63, 3.8) is 0 Å². The number of likely N-dealkylation sites (tertiary alicyclic amines) is 2. The van der Waals surface area contributed by atoms with E-state index in [0.717, 1.165) is 17.4 Å². The van der Waals surface area contributed by atoms with Crippen LogP contribution in [0.25, 0.3) is 0 Å². The lowest BCUT2D eigenvalue weighted by Gasteiger charge is -2.49. The Kier molecular flexibility index (Phi) is 3.46. The second-order valence-corrected chi connectivity index (χ2v) is 8.47. The Morgan fingerprint density at radius 3 is 2.32 bits per heavy atom. The van der Waals surface area contributed by atoms with Gasteiger partial charge in [0, 0.05) is 24.7 Å². The highest BCUT2D eigenvalue weighted by molar-refractivity contribution is 5.14. The summed E-state index contributed by atoms with van der Waals surface area (Å²) in [6, 6.07) is 0.827. The van der Waals surface area contributed by atoms with Crippen molar-refractivity contribution in [3.05, 3.63) is 0 Å². The van der Waals surface area contributed by atoms with Crippen LogP contribution in [-0.4, -0.2) is 47.6 Å². The van der Waals surface area contributed by atoms with Crippen molar-refractivity contribution in [1.82, 2.24) is 9.80 Å². The average Bonchev–Trinajstić information content (AvgIpc) is 3.01. The van der Waals surface area contributed by atoms with Gasteiger partial charge in [0.05, 0.1) is 0 Å². The van der Waals surface area contributed by atoms with E-state index in [0.29, 0.717) is 5.54 Å². The second kappa shape index (κ2) is 4.73. The van der Waals surface area contributed by atoms with Crippen LogP contribution >= 0.6 is 0 Å². The Morgan fingerprint density at radius 2 is 1.74 bits per heavy atom. The molecule has 2 aliphatic heterocycles. The summed E-state index contributed by atoms with van der Waals surface area (Å²) in [5.41, 5.74) is 1.13. The lowest BCUT2D eigenvalue weighted by molar-refractivity contribution is -0.0117. The largest absolute Gasteiger partial charge is 0.301 e. The standard InChI is InChI=1S/C17H32N2/c1-14(18-8-6-5-7-9-18)10-15-11-17(15)12-19(13-17)16(2,3)4/h14-15H,5-13H2,1-4H3. The Balaban J connectivity index is 1.44. The van der Waals surface area contributed by atoms with Gasteiger partial charge in [-0.15, -0.1) is 0 Å². The van der Waals surface area contributed by atoms with E-state index < -0.39 is 0 Å². The zero-order valence-electron chi connectivity index (χ0n) is 13.4. The summed E-state index contributed by atoms with van der Waals surface area (Å²) in [6.07, 6.45) is 7.28. The van der Waals surface area contributed by atoms with Crippen molar-refractivity contribution < 1.29 is 0 Å². The Bertz CT molecular complexity index is 319. The summed E-state index contributed by atoms with van der Waals surface area (Å²) < 4.78 is 0. The number of hydrogen-bond acceptors (Lipinski definition) is 2. The first kappa shape index (κ1) is 13.9. The van der Waals surface area contributed by atoms with E-state index in [9.17, 15) is 0 Å². The first-order valence-corrected chi connectivity index (χ1v) is 8.40. The van der Waals surface area contributed by atoms with Gasteiger partial charge in [-0.25, -0.2) is 0 Å². The molecule has 0 aromatic carbocycles. The fourth-order valence-corrected chi connectivity index (χ4v) is 4.26. The maximum atomic E-state index is 2.75. The number of rotatable bonds is 3. The van der Waals surface area contributed by atoms with E-state index in [1.54, 1.807) is 0 Å². The van der Waals surface area contributed by atoms with Crippen molar-refractivity contribution in [1.29, 1.82) is 0 Å². The molecule has 0 radical (unpaired) electrons. The van der Waals surface area contributed by atoms with Crippen LogP contribution in [0.4, 0.5) is 0 Å². The molecule has 110 valence electrons. The zero-order valence-corrected chi connectivity index (χ0v) is 13.4. The van der Waals surface area contributed by atoms with Gasteiger partial charge in [0.25, 0.3) is 0 Å². The molecule has 1 spiro atoms. The number of piperidine rings is 1. The molecule has 3 fully saturated rings. The summed E-state index contributed by atoms with van der Waals surface area (Å²) in [5, 5.41) is 0. The highest BCUT2D eigenvalue weighted by Crippen LogP contribution is 2.61. The van der Waals surface area contributed by atoms with E-state index in [2.05, 4.69) is 37.5 Å². The van der Waals surface area contributed by atoms with Crippen LogP contribution in [-0.2, 0) is 0 Å². The Hall–Kier alpha value is -0.0800. The lowest BCUT2D eigenvalue weighted by Crippen LogP contribution is -2.58. The Labute approximate surface area is 119 Å². The normalized spacial score (nSPS) is 33.2. The third kappa shape index (κ3) is 2.71. The summed E-state index contributed by atoms with van der Waals surface area (Å²) in [7, 11) is 0. The first-order valence-electron chi connectivity index (χ1n) is 8.40. The molecule has 2 heterocycles. The van der Waals surface area contributed by atoms with Crippen molar-refractivity contribution in [2.45, 2.75) is 71.4 Å². The van der Waals surface area contributed by atoms with Gasteiger partial charge in [0.2, 0.25) is 0 Å². The van der Waals surface area contributed by atoms with Gasteiger partial charge < -0.3 is 4.90 Å². The molecular weight excluding hydrogens is 232 g/mol. The van der Waals surface area contributed by atoms with Crippen LogP contribution in [0.1, 0.15) is 59.8 Å². The lowest BCUT2D eigenvalue weighted by atomic mass is 9.86. The molecule has 1 aliphatic carbocycles. The van der Waals surface area contributed by atoms with Crippen molar-refractivity contribution in [2.24, 2.45) is 11.3 Å². The molecule has 2 heteroatoms. The predicted molar refractivity (Wildman–Crippen MR) is 81.4 cm³/mol. The fourth-order valence-electron chi connectivity index (χ4n) is 4.26. The van der Waals surface area contributed by atoms with Crippen LogP contribution in [0.5, 0.6) is 0 Å². The average molecular weight is 264 g/mol. The van der Waals surface area contributed by atoms with Crippen LogP contribution in [0.2, 0.25) is 0 Å². The molecule has 2 nitrogen and oxygen atoms in total. The molecule has 2 unspecified atom stereocenters. The molecule has 0 amide bonds. The third-order valence-corrected chi connectivity index (χ3v) is 5.96. The monoisotopic (exact) mass is 264 g/mol. The topological polar surface area (TPSA) is 6.48 Å². The van der Waals surface area contributed by atoms with Crippen LogP contribution in [0.15, 0.2) is 0 Å². The van der Waals surface area contributed by atoms with Crippen LogP contribution in [0, 0.1) is 11.3 Å². The quantitative estimate of drug-likeness (QED) is 0.771. The minimum Gasteiger partial charge on any atom is -0.301 e. The van der Waals surface area contributed by atoms with Gasteiger partial charge in [-0.1, -0.05) is 6.42 Å². The molecule has 2 saturated heterocycles. The summed E-state index contributed by atoms with van der Waals surface area (Å²) in [5.74, 6) is 1.03. The molecule has 3 rings (SSSR count). The minimum atomic E-state index is 0.386. The van der Waals surface area contributed by atoms with E-state index in [1.807, 2.05) is 0 Å². The van der Waals surface area contributed by atoms with Crippen molar-refractivity contribution in [3.8, 4) is 0 Å². The molecule has 0 aromatic heterocycles. The molecule has 0 N–H and O–H groups in total. The van der Waals surface area contributed by atoms with Gasteiger partial charge in [0.15, 0.2) is 0 Å². The zero-order chi connectivity index (χ0) is 13.7. The first-order chi connectivity index (χ1) is 8.91. The van der Waals surface area contributed by atoms with Crippen LogP contribution in [0.3, 0.4) is 0 Å². The summed E-state index contributed by atoms with van der Waals surface area (Å²) >= 11 is 0. The highest BCUT2D eigenvalue weighted by Gasteiger charge is 2.62. The molecule has 19 heavy (non-hydrogen) atoms. The number of nitrogens with zero attached hydrogens (tertiary/aromatic N) is 2. The van der Waals surface area contributed by atoms with Gasteiger partial charge in [0.1, 0.15) is 0 Å². The molecular formula is C17H32N2. The predicted octanol–water partition coefficient (Wildman–Crippen LogP) is 3.37. The molecule has 1 saturated carbocycles. The second-order valence-electron chi connectivity index (χ2n) is 8.47. The maximum absolute atomic E-state index is 2.75. The molecule has 3 aliphatic rings. The molecule has 0 bridgehead atoms. The highest BCUT2D eigenvalue weighted by atomic mass is 15.3. The van der Waals surface area contributed by atoms with Crippen LogP contribution < -0.4 is 0 Å². The SMILES string of the molecule is CC(CC1CC12CN(C(C)(C)C)C2)N1CCCCC1.